The highest BCUT2D eigenvalue weighted by atomic mass is 16.5. The molecule has 0 aliphatic heterocycles. The number of rotatable bonds is 35. The molecule has 0 aromatic rings. The van der Waals surface area contributed by atoms with Crippen LogP contribution < -0.4 is 0 Å². The van der Waals surface area contributed by atoms with Gasteiger partial charge >= 0.3 is 5.97 Å². The minimum atomic E-state index is 0.0181. The van der Waals surface area contributed by atoms with E-state index in [4.69, 9.17) is 4.74 Å². The lowest BCUT2D eigenvalue weighted by Gasteiger charge is -2.05. The van der Waals surface area contributed by atoms with Crippen molar-refractivity contribution in [3.63, 3.8) is 0 Å². The maximum absolute atomic E-state index is 12.0. The lowest BCUT2D eigenvalue weighted by molar-refractivity contribution is -0.143. The first-order chi connectivity index (χ1) is 20.8. The molecule has 0 saturated heterocycles. The van der Waals surface area contributed by atoms with E-state index in [0.717, 1.165) is 19.3 Å². The first kappa shape index (κ1) is 41.0. The topological polar surface area (TPSA) is 26.3 Å². The minimum Gasteiger partial charge on any atom is -0.466 e. The zero-order chi connectivity index (χ0) is 30.4. The van der Waals surface area contributed by atoms with Crippen LogP contribution in [0.2, 0.25) is 0 Å². The fourth-order valence-electron chi connectivity index (χ4n) is 5.70. The van der Waals surface area contributed by atoms with Crippen molar-refractivity contribution >= 4 is 5.97 Å². The highest BCUT2D eigenvalue weighted by Crippen LogP contribution is 2.15. The van der Waals surface area contributed by atoms with Gasteiger partial charge in [-0.25, -0.2) is 0 Å². The first-order valence-corrected chi connectivity index (χ1v) is 19.3. The van der Waals surface area contributed by atoms with Gasteiger partial charge in [0.1, 0.15) is 0 Å². The summed E-state index contributed by atoms with van der Waals surface area (Å²) in [7, 11) is 0. The van der Waals surface area contributed by atoms with E-state index >= 15 is 0 Å². The van der Waals surface area contributed by atoms with Crippen LogP contribution in [0.1, 0.15) is 219 Å². The Kier molecular flexibility index (Phi) is 37.0. The van der Waals surface area contributed by atoms with E-state index in [1.54, 1.807) is 0 Å². The van der Waals surface area contributed by atoms with E-state index in [1.165, 1.54) is 180 Å². The summed E-state index contributed by atoms with van der Waals surface area (Å²) in [6.45, 7) is 5.17. The minimum absolute atomic E-state index is 0.0181. The van der Waals surface area contributed by atoms with Crippen LogP contribution in [0.15, 0.2) is 24.3 Å². The number of hydrogen-bond donors (Lipinski definition) is 0. The summed E-state index contributed by atoms with van der Waals surface area (Å²) in [6.07, 6.45) is 51.1. The van der Waals surface area contributed by atoms with Gasteiger partial charge in [-0.3, -0.25) is 4.79 Å². The fraction of sp³-hybridized carbons (Fsp3) is 0.875. The smallest absolute Gasteiger partial charge is 0.305 e. The zero-order valence-corrected chi connectivity index (χ0v) is 29.0. The molecule has 0 spiro atoms. The summed E-state index contributed by atoms with van der Waals surface area (Å²) >= 11 is 0. The van der Waals surface area contributed by atoms with E-state index < -0.39 is 0 Å². The fourth-order valence-corrected chi connectivity index (χ4v) is 5.70. The Morgan fingerprint density at radius 1 is 0.405 bits per heavy atom. The Labute approximate surface area is 265 Å². The van der Waals surface area contributed by atoms with Crippen molar-refractivity contribution in [2.75, 3.05) is 6.61 Å². The molecule has 0 N–H and O–H groups in total. The first-order valence-electron chi connectivity index (χ1n) is 19.3. The standard InChI is InChI=1S/C40H76O2/c1-3-5-7-9-11-13-15-17-19-21-22-23-24-26-28-30-32-34-36-38-40(41)42-39-37-35-33-31-29-27-25-20-18-16-14-12-10-8-6-4-2/h12,14,18,20H,3-11,13,15-17,19,21-39H2,1-2H3/b14-12+,20-18+. The third-order valence-corrected chi connectivity index (χ3v) is 8.59. The maximum atomic E-state index is 12.0. The molecule has 2 heteroatoms. The molecule has 0 amide bonds. The van der Waals surface area contributed by atoms with Crippen molar-refractivity contribution < 1.29 is 9.53 Å². The third kappa shape index (κ3) is 37.0. The molecule has 0 rings (SSSR count). The predicted molar refractivity (Wildman–Crippen MR) is 188 cm³/mol. The molecule has 248 valence electrons. The molecule has 0 aliphatic rings. The largest absolute Gasteiger partial charge is 0.466 e. The quantitative estimate of drug-likeness (QED) is 0.0418. The Hall–Kier alpha value is -1.05. The summed E-state index contributed by atoms with van der Waals surface area (Å²) in [5.41, 5.74) is 0. The van der Waals surface area contributed by atoms with Gasteiger partial charge in [0.05, 0.1) is 6.61 Å². The van der Waals surface area contributed by atoms with Gasteiger partial charge in [0.25, 0.3) is 0 Å². The molecule has 0 radical (unpaired) electrons. The van der Waals surface area contributed by atoms with Gasteiger partial charge in [-0.1, -0.05) is 192 Å². The highest BCUT2D eigenvalue weighted by molar-refractivity contribution is 5.69. The summed E-state index contributed by atoms with van der Waals surface area (Å²) in [4.78, 5) is 12.0. The molecular formula is C40H76O2. The van der Waals surface area contributed by atoms with E-state index in [0.29, 0.717) is 13.0 Å². The van der Waals surface area contributed by atoms with Crippen LogP contribution in [-0.2, 0) is 9.53 Å². The number of hydrogen-bond acceptors (Lipinski definition) is 2. The molecule has 0 aromatic heterocycles. The number of allylic oxidation sites excluding steroid dienone is 4. The second kappa shape index (κ2) is 38.0. The van der Waals surface area contributed by atoms with Crippen LogP contribution in [0.3, 0.4) is 0 Å². The van der Waals surface area contributed by atoms with Crippen molar-refractivity contribution in [3.05, 3.63) is 24.3 Å². The molecule has 2 nitrogen and oxygen atoms in total. The number of carbonyl (C=O) groups is 1. The molecule has 0 atom stereocenters. The lowest BCUT2D eigenvalue weighted by Crippen LogP contribution is -2.05. The molecule has 0 saturated carbocycles. The van der Waals surface area contributed by atoms with E-state index in [2.05, 4.69) is 38.2 Å². The van der Waals surface area contributed by atoms with Gasteiger partial charge in [0, 0.05) is 6.42 Å². The second-order valence-electron chi connectivity index (χ2n) is 12.9. The molecule has 0 heterocycles. The molecule has 0 aromatic carbocycles. The molecule has 0 aliphatic carbocycles. The van der Waals surface area contributed by atoms with Crippen LogP contribution in [0.4, 0.5) is 0 Å². The van der Waals surface area contributed by atoms with E-state index in [1.807, 2.05) is 0 Å². The van der Waals surface area contributed by atoms with Crippen LogP contribution in [0, 0.1) is 0 Å². The van der Waals surface area contributed by atoms with Gasteiger partial charge in [0.15, 0.2) is 0 Å². The van der Waals surface area contributed by atoms with Crippen molar-refractivity contribution in [1.29, 1.82) is 0 Å². The summed E-state index contributed by atoms with van der Waals surface area (Å²) in [5, 5.41) is 0. The molecule has 0 fully saturated rings. The van der Waals surface area contributed by atoms with E-state index in [9.17, 15) is 4.79 Å². The van der Waals surface area contributed by atoms with Crippen molar-refractivity contribution in [1.82, 2.24) is 0 Å². The van der Waals surface area contributed by atoms with Crippen molar-refractivity contribution in [2.45, 2.75) is 219 Å². The Balaban J connectivity index is 3.20. The van der Waals surface area contributed by atoms with Crippen molar-refractivity contribution in [3.8, 4) is 0 Å². The van der Waals surface area contributed by atoms with Gasteiger partial charge in [-0.05, 0) is 44.9 Å². The van der Waals surface area contributed by atoms with Gasteiger partial charge in [-0.15, -0.1) is 0 Å². The summed E-state index contributed by atoms with van der Waals surface area (Å²) in [5.74, 6) is 0.0181. The summed E-state index contributed by atoms with van der Waals surface area (Å²) < 4.78 is 5.44. The Bertz CT molecular complexity index is 564. The van der Waals surface area contributed by atoms with Gasteiger partial charge in [0.2, 0.25) is 0 Å². The van der Waals surface area contributed by atoms with Crippen LogP contribution in [0.5, 0.6) is 0 Å². The zero-order valence-electron chi connectivity index (χ0n) is 29.0. The number of esters is 1. The normalized spacial score (nSPS) is 11.8. The lowest BCUT2D eigenvalue weighted by atomic mass is 10.0. The highest BCUT2D eigenvalue weighted by Gasteiger charge is 2.02. The maximum Gasteiger partial charge on any atom is 0.305 e. The Morgan fingerprint density at radius 3 is 1.19 bits per heavy atom. The monoisotopic (exact) mass is 589 g/mol. The average Bonchev–Trinajstić information content (AvgIpc) is 3.00. The van der Waals surface area contributed by atoms with Crippen LogP contribution in [0.25, 0.3) is 0 Å². The number of ether oxygens (including phenoxy) is 1. The van der Waals surface area contributed by atoms with Gasteiger partial charge in [-0.2, -0.15) is 0 Å². The average molecular weight is 589 g/mol. The van der Waals surface area contributed by atoms with Gasteiger partial charge < -0.3 is 4.74 Å². The second-order valence-corrected chi connectivity index (χ2v) is 12.9. The molecule has 0 bridgehead atoms. The Morgan fingerprint density at radius 2 is 0.738 bits per heavy atom. The summed E-state index contributed by atoms with van der Waals surface area (Å²) in [6, 6.07) is 0. The molecular weight excluding hydrogens is 512 g/mol. The molecule has 42 heavy (non-hydrogen) atoms. The van der Waals surface area contributed by atoms with Crippen LogP contribution in [-0.4, -0.2) is 12.6 Å². The number of unbranched alkanes of at least 4 members (excludes halogenated alkanes) is 27. The predicted octanol–water partition coefficient (Wildman–Crippen LogP) is 14.2. The van der Waals surface area contributed by atoms with E-state index in [-0.39, 0.29) is 5.97 Å². The number of carbonyl (C=O) groups excluding carboxylic acids is 1. The van der Waals surface area contributed by atoms with Crippen molar-refractivity contribution in [2.24, 2.45) is 0 Å². The SMILES string of the molecule is CCCCC/C=C/C/C=C/CCCCCCCCOC(=O)CCCCCCCCCCCCCCCCCCCCC. The molecule has 0 unspecified atom stereocenters. The van der Waals surface area contributed by atoms with Crippen LogP contribution >= 0.6 is 0 Å². The third-order valence-electron chi connectivity index (χ3n) is 8.59.